The predicted octanol–water partition coefficient (Wildman–Crippen LogP) is 2.32. The van der Waals surface area contributed by atoms with Gasteiger partial charge in [-0.1, -0.05) is 6.07 Å². The van der Waals surface area contributed by atoms with Gasteiger partial charge in [0.05, 0.1) is 18.8 Å². The van der Waals surface area contributed by atoms with Crippen molar-refractivity contribution < 1.29 is 9.53 Å². The number of methoxy groups -OCH3 is 1. The van der Waals surface area contributed by atoms with Gasteiger partial charge in [0.15, 0.2) is 0 Å². The summed E-state index contributed by atoms with van der Waals surface area (Å²) in [6, 6.07) is 8.94. The average molecular weight is 271 g/mol. The molecule has 1 amide bonds. The van der Waals surface area contributed by atoms with Crippen molar-refractivity contribution >= 4 is 5.91 Å². The summed E-state index contributed by atoms with van der Waals surface area (Å²) in [5.74, 6) is 0.186. The van der Waals surface area contributed by atoms with Gasteiger partial charge in [-0.15, -0.1) is 0 Å². The van der Waals surface area contributed by atoms with Crippen molar-refractivity contribution in [3.05, 3.63) is 54.0 Å². The molecule has 1 atom stereocenters. The number of carbonyl (C=O) groups is 1. The molecule has 0 saturated carbocycles. The van der Waals surface area contributed by atoms with Crippen molar-refractivity contribution in [2.45, 2.75) is 13.0 Å². The first kappa shape index (κ1) is 14.0. The minimum Gasteiger partial charge on any atom is -0.480 e. The van der Waals surface area contributed by atoms with Crippen LogP contribution >= 0.6 is 0 Å². The number of nitrogens with zero attached hydrogens (tertiary/aromatic N) is 3. The highest BCUT2D eigenvalue weighted by Gasteiger charge is 2.22. The van der Waals surface area contributed by atoms with Crippen LogP contribution in [-0.4, -0.2) is 34.9 Å². The normalized spacial score (nSPS) is 11.8. The Labute approximate surface area is 118 Å². The number of hydrogen-bond acceptors (Lipinski definition) is 4. The lowest BCUT2D eigenvalue weighted by Gasteiger charge is -2.24. The minimum absolute atomic E-state index is 0.131. The number of hydrogen-bond donors (Lipinski definition) is 0. The van der Waals surface area contributed by atoms with E-state index >= 15 is 0 Å². The van der Waals surface area contributed by atoms with E-state index in [9.17, 15) is 4.79 Å². The van der Waals surface area contributed by atoms with Crippen molar-refractivity contribution in [1.82, 2.24) is 14.9 Å². The lowest BCUT2D eigenvalue weighted by Crippen LogP contribution is -2.30. The molecule has 2 aromatic rings. The third-order valence-corrected chi connectivity index (χ3v) is 3.21. The number of amides is 1. The maximum absolute atomic E-state index is 12.5. The summed E-state index contributed by atoms with van der Waals surface area (Å²) < 4.78 is 5.13. The molecule has 5 heteroatoms. The standard InChI is InChI=1S/C15H17N3O2/c1-11(13-8-4-5-9-16-13)18(2)15(19)12-7-6-10-17-14(12)20-3/h4-11H,1-3H3/t11-/m0/s1. The van der Waals surface area contributed by atoms with E-state index in [1.54, 1.807) is 36.5 Å². The summed E-state index contributed by atoms with van der Waals surface area (Å²) in [4.78, 5) is 22.5. The molecule has 0 aliphatic rings. The van der Waals surface area contributed by atoms with Crippen LogP contribution in [0.3, 0.4) is 0 Å². The molecule has 0 radical (unpaired) electrons. The molecule has 0 N–H and O–H groups in total. The Kier molecular flexibility index (Phi) is 4.30. The maximum atomic E-state index is 12.5. The molecule has 2 aromatic heterocycles. The first-order chi connectivity index (χ1) is 9.65. The van der Waals surface area contributed by atoms with E-state index in [1.807, 2.05) is 25.1 Å². The monoisotopic (exact) mass is 271 g/mol. The second-order valence-electron chi connectivity index (χ2n) is 4.41. The van der Waals surface area contributed by atoms with Crippen LogP contribution in [0.1, 0.15) is 29.0 Å². The molecule has 0 aliphatic heterocycles. The fraction of sp³-hybridized carbons (Fsp3) is 0.267. The van der Waals surface area contributed by atoms with Gasteiger partial charge in [0, 0.05) is 19.4 Å². The van der Waals surface area contributed by atoms with Crippen LogP contribution in [0.4, 0.5) is 0 Å². The first-order valence-corrected chi connectivity index (χ1v) is 6.32. The summed E-state index contributed by atoms with van der Waals surface area (Å²) in [7, 11) is 3.25. The van der Waals surface area contributed by atoms with Gasteiger partial charge in [-0.2, -0.15) is 0 Å². The topological polar surface area (TPSA) is 55.3 Å². The third kappa shape index (κ3) is 2.77. The second-order valence-corrected chi connectivity index (χ2v) is 4.41. The van der Waals surface area contributed by atoms with Crippen LogP contribution in [0.2, 0.25) is 0 Å². The molecule has 0 bridgehead atoms. The summed E-state index contributed by atoms with van der Waals surface area (Å²) in [5, 5.41) is 0. The molecular formula is C15H17N3O2. The zero-order chi connectivity index (χ0) is 14.5. The van der Waals surface area contributed by atoms with Gasteiger partial charge in [0.1, 0.15) is 5.56 Å². The molecule has 2 rings (SSSR count). The van der Waals surface area contributed by atoms with E-state index in [2.05, 4.69) is 9.97 Å². The van der Waals surface area contributed by atoms with Gasteiger partial charge < -0.3 is 9.64 Å². The smallest absolute Gasteiger partial charge is 0.259 e. The second kappa shape index (κ2) is 6.14. The SMILES string of the molecule is COc1ncccc1C(=O)N(C)[C@@H](C)c1ccccn1. The third-order valence-electron chi connectivity index (χ3n) is 3.21. The molecule has 0 aromatic carbocycles. The highest BCUT2D eigenvalue weighted by Crippen LogP contribution is 2.22. The molecule has 5 nitrogen and oxygen atoms in total. The van der Waals surface area contributed by atoms with E-state index in [-0.39, 0.29) is 11.9 Å². The Hall–Kier alpha value is -2.43. The van der Waals surface area contributed by atoms with Crippen molar-refractivity contribution in [2.75, 3.05) is 14.2 Å². The number of ether oxygens (including phenoxy) is 1. The van der Waals surface area contributed by atoms with E-state index in [4.69, 9.17) is 4.74 Å². The van der Waals surface area contributed by atoms with Crippen molar-refractivity contribution in [3.63, 3.8) is 0 Å². The van der Waals surface area contributed by atoms with Crippen LogP contribution in [0, 0.1) is 0 Å². The quantitative estimate of drug-likeness (QED) is 0.856. The van der Waals surface area contributed by atoms with Gasteiger partial charge in [-0.3, -0.25) is 9.78 Å². The molecule has 0 saturated heterocycles. The number of pyridine rings is 2. The van der Waals surface area contributed by atoms with Crippen LogP contribution < -0.4 is 4.74 Å². The van der Waals surface area contributed by atoms with Crippen molar-refractivity contribution in [2.24, 2.45) is 0 Å². The molecule has 0 unspecified atom stereocenters. The van der Waals surface area contributed by atoms with E-state index in [0.717, 1.165) is 5.69 Å². The first-order valence-electron chi connectivity index (χ1n) is 6.32. The van der Waals surface area contributed by atoms with E-state index < -0.39 is 0 Å². The Bertz CT molecular complexity index is 587. The zero-order valence-electron chi connectivity index (χ0n) is 11.8. The van der Waals surface area contributed by atoms with Crippen molar-refractivity contribution in [1.29, 1.82) is 0 Å². The van der Waals surface area contributed by atoms with Gasteiger partial charge in [0.2, 0.25) is 5.88 Å². The van der Waals surface area contributed by atoms with Gasteiger partial charge in [0.25, 0.3) is 5.91 Å². The van der Waals surface area contributed by atoms with Crippen molar-refractivity contribution in [3.8, 4) is 5.88 Å². The minimum atomic E-state index is -0.145. The van der Waals surface area contributed by atoms with Gasteiger partial charge >= 0.3 is 0 Å². The van der Waals surface area contributed by atoms with E-state index in [0.29, 0.717) is 11.4 Å². The van der Waals surface area contributed by atoms with Crippen LogP contribution in [0.5, 0.6) is 5.88 Å². The Morgan fingerprint density at radius 2 is 1.95 bits per heavy atom. The number of aromatic nitrogens is 2. The predicted molar refractivity (Wildman–Crippen MR) is 75.5 cm³/mol. The number of carbonyl (C=O) groups excluding carboxylic acids is 1. The average Bonchev–Trinajstić information content (AvgIpc) is 2.53. The zero-order valence-corrected chi connectivity index (χ0v) is 11.8. The molecule has 2 heterocycles. The molecule has 104 valence electrons. The molecule has 0 spiro atoms. The Balaban J connectivity index is 2.24. The van der Waals surface area contributed by atoms with Crippen LogP contribution in [0.25, 0.3) is 0 Å². The molecular weight excluding hydrogens is 254 g/mol. The number of rotatable bonds is 4. The Morgan fingerprint density at radius 1 is 1.20 bits per heavy atom. The molecule has 0 fully saturated rings. The molecule has 0 aliphatic carbocycles. The van der Waals surface area contributed by atoms with Gasteiger partial charge in [-0.25, -0.2) is 4.98 Å². The fourth-order valence-corrected chi connectivity index (χ4v) is 1.90. The highest BCUT2D eigenvalue weighted by molar-refractivity contribution is 5.96. The van der Waals surface area contributed by atoms with Crippen LogP contribution in [-0.2, 0) is 0 Å². The Morgan fingerprint density at radius 3 is 2.60 bits per heavy atom. The summed E-state index contributed by atoms with van der Waals surface area (Å²) in [6.07, 6.45) is 3.31. The fourth-order valence-electron chi connectivity index (χ4n) is 1.90. The lowest BCUT2D eigenvalue weighted by molar-refractivity contribution is 0.0735. The largest absolute Gasteiger partial charge is 0.480 e. The summed E-state index contributed by atoms with van der Waals surface area (Å²) >= 11 is 0. The lowest BCUT2D eigenvalue weighted by atomic mass is 10.1. The summed E-state index contributed by atoms with van der Waals surface area (Å²) in [5.41, 5.74) is 1.28. The van der Waals surface area contributed by atoms with Gasteiger partial charge in [-0.05, 0) is 31.2 Å². The molecule has 20 heavy (non-hydrogen) atoms. The highest BCUT2D eigenvalue weighted by atomic mass is 16.5. The maximum Gasteiger partial charge on any atom is 0.259 e. The van der Waals surface area contributed by atoms with Crippen LogP contribution in [0.15, 0.2) is 42.7 Å². The van der Waals surface area contributed by atoms with E-state index in [1.165, 1.54) is 7.11 Å². The summed E-state index contributed by atoms with van der Waals surface area (Å²) in [6.45, 7) is 1.93.